The zero-order chi connectivity index (χ0) is 20.7. The van der Waals surface area contributed by atoms with E-state index in [1.54, 1.807) is 14.2 Å². The highest BCUT2D eigenvalue weighted by molar-refractivity contribution is 6.77. The lowest BCUT2D eigenvalue weighted by atomic mass is 10.0. The van der Waals surface area contributed by atoms with E-state index in [0.717, 1.165) is 12.1 Å². The van der Waals surface area contributed by atoms with Crippen LogP contribution in [0.3, 0.4) is 0 Å². The van der Waals surface area contributed by atoms with Gasteiger partial charge in [-0.1, -0.05) is 53.9 Å². The first kappa shape index (κ1) is 24.9. The molecule has 1 unspecified atom stereocenters. The Balaban J connectivity index is 3.25. The van der Waals surface area contributed by atoms with Crippen molar-refractivity contribution in [2.75, 3.05) is 14.2 Å². The molecular formula is C21H43O4Si2. The standard InChI is InChI=1S/C21H43O4Si2/c1-9-21(6,26(23-7)24-8)20(22)25-27(15-17(2)3,16-18(4)5)19-13-11-10-12-14-19/h17-19H,9-16H2,1-8H3. The molecule has 1 atom stereocenters. The Kier molecular flexibility index (Phi) is 10.2. The maximum Gasteiger partial charge on any atom is 0.402 e. The van der Waals surface area contributed by atoms with Crippen molar-refractivity contribution in [2.45, 2.75) is 103 Å². The van der Waals surface area contributed by atoms with Gasteiger partial charge in [-0.15, -0.1) is 0 Å². The molecule has 1 fully saturated rings. The van der Waals surface area contributed by atoms with Crippen LogP contribution in [-0.4, -0.2) is 37.8 Å². The largest absolute Gasteiger partial charge is 0.518 e. The Morgan fingerprint density at radius 1 is 1.04 bits per heavy atom. The van der Waals surface area contributed by atoms with Crippen LogP contribution in [0.15, 0.2) is 0 Å². The van der Waals surface area contributed by atoms with Crippen molar-refractivity contribution in [3.05, 3.63) is 0 Å². The molecule has 0 aromatic rings. The van der Waals surface area contributed by atoms with Crippen molar-refractivity contribution >= 4 is 23.6 Å². The molecule has 1 rings (SSSR count). The van der Waals surface area contributed by atoms with Gasteiger partial charge in [-0.2, -0.15) is 0 Å². The maximum absolute atomic E-state index is 13.6. The van der Waals surface area contributed by atoms with Gasteiger partial charge in [0.25, 0.3) is 14.3 Å². The van der Waals surface area contributed by atoms with Gasteiger partial charge in [0.05, 0.1) is 0 Å². The number of carbonyl (C=O) groups excluding carboxylic acids is 1. The molecule has 0 heterocycles. The van der Waals surface area contributed by atoms with Gasteiger partial charge in [0.2, 0.25) is 0 Å². The van der Waals surface area contributed by atoms with Crippen LogP contribution >= 0.6 is 0 Å². The summed E-state index contributed by atoms with van der Waals surface area (Å²) in [4.78, 5) is 13.6. The third-order valence-corrected chi connectivity index (χ3v) is 14.0. The highest BCUT2D eigenvalue weighted by Crippen LogP contribution is 2.47. The SMILES string of the molecule is CCC(C)(C(=O)O[Si](CC(C)C)(CC(C)C)C1CCCCC1)[Si](OC)OC. The average Bonchev–Trinajstić information content (AvgIpc) is 2.61. The fraction of sp³-hybridized carbons (Fsp3) is 0.952. The van der Waals surface area contributed by atoms with Gasteiger partial charge in [-0.05, 0) is 55.7 Å². The van der Waals surface area contributed by atoms with E-state index < -0.39 is 22.6 Å². The van der Waals surface area contributed by atoms with E-state index in [2.05, 4.69) is 27.7 Å². The molecule has 0 spiro atoms. The Morgan fingerprint density at radius 2 is 1.52 bits per heavy atom. The third kappa shape index (κ3) is 6.41. The number of carbonyl (C=O) groups is 1. The zero-order valence-electron chi connectivity index (χ0n) is 19.0. The summed E-state index contributed by atoms with van der Waals surface area (Å²) in [5.74, 6) is 1.03. The molecule has 27 heavy (non-hydrogen) atoms. The molecule has 0 saturated heterocycles. The van der Waals surface area contributed by atoms with Crippen molar-refractivity contribution < 1.29 is 18.1 Å². The minimum absolute atomic E-state index is 0.0684. The average molecular weight is 416 g/mol. The monoisotopic (exact) mass is 415 g/mol. The molecule has 0 aromatic heterocycles. The van der Waals surface area contributed by atoms with Crippen molar-refractivity contribution in [2.24, 2.45) is 11.8 Å². The zero-order valence-corrected chi connectivity index (χ0v) is 21.0. The van der Waals surface area contributed by atoms with Crippen molar-refractivity contribution in [3.63, 3.8) is 0 Å². The molecule has 0 amide bonds. The van der Waals surface area contributed by atoms with Crippen molar-refractivity contribution in [1.29, 1.82) is 0 Å². The molecular weight excluding hydrogens is 372 g/mol. The van der Waals surface area contributed by atoms with E-state index in [4.69, 9.17) is 13.3 Å². The van der Waals surface area contributed by atoms with Crippen LogP contribution < -0.4 is 0 Å². The summed E-state index contributed by atoms with van der Waals surface area (Å²) in [7, 11) is -0.654. The first-order valence-corrected chi connectivity index (χ1v) is 14.6. The molecule has 1 radical (unpaired) electrons. The first-order valence-electron chi connectivity index (χ1n) is 10.8. The molecule has 0 bridgehead atoms. The molecule has 6 heteroatoms. The minimum Gasteiger partial charge on any atom is -0.518 e. The van der Waals surface area contributed by atoms with Gasteiger partial charge in [-0.3, -0.25) is 4.79 Å². The molecule has 0 aromatic carbocycles. The summed E-state index contributed by atoms with van der Waals surface area (Å²) in [6.45, 7) is 13.1. The Morgan fingerprint density at radius 3 is 1.89 bits per heavy atom. The van der Waals surface area contributed by atoms with E-state index in [1.165, 1.54) is 32.1 Å². The molecule has 1 aliphatic carbocycles. The van der Waals surface area contributed by atoms with E-state index in [0.29, 0.717) is 23.8 Å². The molecule has 1 saturated carbocycles. The van der Waals surface area contributed by atoms with Gasteiger partial charge < -0.3 is 13.3 Å². The second-order valence-electron chi connectivity index (χ2n) is 9.37. The summed E-state index contributed by atoms with van der Waals surface area (Å²) in [5.41, 5.74) is 0.599. The summed E-state index contributed by atoms with van der Waals surface area (Å²) >= 11 is 0. The fourth-order valence-electron chi connectivity index (χ4n) is 4.80. The van der Waals surface area contributed by atoms with Gasteiger partial charge in [0.1, 0.15) is 5.04 Å². The lowest BCUT2D eigenvalue weighted by Gasteiger charge is -2.44. The van der Waals surface area contributed by atoms with Gasteiger partial charge >= 0.3 is 9.28 Å². The minimum atomic E-state index is -2.23. The van der Waals surface area contributed by atoms with Crippen LogP contribution in [0.25, 0.3) is 0 Å². The lowest BCUT2D eigenvalue weighted by molar-refractivity contribution is -0.139. The van der Waals surface area contributed by atoms with Gasteiger partial charge in [0.15, 0.2) is 0 Å². The van der Waals surface area contributed by atoms with Crippen LogP contribution in [0.4, 0.5) is 0 Å². The third-order valence-electron chi connectivity index (χ3n) is 6.13. The van der Waals surface area contributed by atoms with E-state index in [9.17, 15) is 4.79 Å². The Labute approximate surface area is 170 Å². The molecule has 0 aliphatic heterocycles. The van der Waals surface area contributed by atoms with E-state index >= 15 is 0 Å². The van der Waals surface area contributed by atoms with E-state index in [1.807, 2.05) is 13.8 Å². The predicted molar refractivity (Wildman–Crippen MR) is 116 cm³/mol. The molecule has 0 N–H and O–H groups in total. The van der Waals surface area contributed by atoms with Crippen molar-refractivity contribution in [3.8, 4) is 0 Å². The van der Waals surface area contributed by atoms with E-state index in [-0.39, 0.29) is 5.97 Å². The fourth-order valence-corrected chi connectivity index (χ4v) is 12.5. The topological polar surface area (TPSA) is 44.8 Å². The second kappa shape index (κ2) is 11.1. The van der Waals surface area contributed by atoms with Crippen LogP contribution in [0.5, 0.6) is 0 Å². The molecule has 4 nitrogen and oxygen atoms in total. The quantitative estimate of drug-likeness (QED) is 0.384. The Bertz CT molecular complexity index is 435. The normalized spacial score (nSPS) is 18.9. The van der Waals surface area contributed by atoms with Gasteiger partial charge in [-0.25, -0.2) is 0 Å². The maximum atomic E-state index is 13.6. The van der Waals surface area contributed by atoms with Crippen LogP contribution in [0, 0.1) is 11.8 Å². The first-order chi connectivity index (χ1) is 12.6. The highest BCUT2D eigenvalue weighted by atomic mass is 28.4. The van der Waals surface area contributed by atoms with Crippen LogP contribution in [0.2, 0.25) is 22.7 Å². The number of hydrogen-bond acceptors (Lipinski definition) is 4. The summed E-state index contributed by atoms with van der Waals surface area (Å²) in [6, 6.07) is 2.15. The predicted octanol–water partition coefficient (Wildman–Crippen LogP) is 6.07. The Hall–Kier alpha value is -0.176. The molecule has 1 aliphatic rings. The number of hydrogen-bond donors (Lipinski definition) is 0. The second-order valence-corrected chi connectivity index (χ2v) is 15.8. The smallest absolute Gasteiger partial charge is 0.402 e. The number of rotatable bonds is 11. The molecule has 159 valence electrons. The van der Waals surface area contributed by atoms with Crippen LogP contribution in [-0.2, 0) is 18.1 Å². The van der Waals surface area contributed by atoms with Gasteiger partial charge in [0, 0.05) is 14.2 Å². The van der Waals surface area contributed by atoms with Crippen LogP contribution in [0.1, 0.15) is 80.1 Å². The highest BCUT2D eigenvalue weighted by Gasteiger charge is 2.53. The summed E-state index contributed by atoms with van der Waals surface area (Å²) in [6.07, 6.45) is 7.03. The lowest BCUT2D eigenvalue weighted by Crippen LogP contribution is -2.52. The summed E-state index contributed by atoms with van der Waals surface area (Å²) < 4.78 is 17.9. The summed E-state index contributed by atoms with van der Waals surface area (Å²) in [5, 5.41) is -0.672. The van der Waals surface area contributed by atoms with Crippen molar-refractivity contribution in [1.82, 2.24) is 0 Å².